The van der Waals surface area contributed by atoms with Crippen LogP contribution in [0.3, 0.4) is 0 Å². The molecule has 5 nitrogen and oxygen atoms in total. The van der Waals surface area contributed by atoms with Gasteiger partial charge in [0.25, 0.3) is 0 Å². The zero-order chi connectivity index (χ0) is 14.8. The fourth-order valence-electron chi connectivity index (χ4n) is 2.08. The van der Waals surface area contributed by atoms with Crippen molar-refractivity contribution in [3.63, 3.8) is 0 Å². The molecule has 0 radical (unpaired) electrons. The minimum absolute atomic E-state index is 0.0276. The van der Waals surface area contributed by atoms with Crippen molar-refractivity contribution in [1.82, 2.24) is 14.5 Å². The number of hydrogen-bond acceptors (Lipinski definition) is 4. The number of hydrogen-bond donors (Lipinski definition) is 1. The van der Waals surface area contributed by atoms with E-state index < -0.39 is 5.82 Å². The van der Waals surface area contributed by atoms with Crippen LogP contribution in [0.5, 0.6) is 0 Å². The Labute approximate surface area is 120 Å². The van der Waals surface area contributed by atoms with Gasteiger partial charge in [-0.05, 0) is 24.3 Å². The monoisotopic (exact) mass is 279 g/mol. The van der Waals surface area contributed by atoms with Gasteiger partial charge in [0, 0.05) is 11.8 Å². The molecule has 0 aliphatic carbocycles. The molecule has 0 bridgehead atoms. The van der Waals surface area contributed by atoms with Crippen LogP contribution < -0.4 is 5.73 Å². The van der Waals surface area contributed by atoms with Crippen molar-refractivity contribution in [1.29, 1.82) is 5.26 Å². The standard InChI is InChI=1S/C15H10FN5/c16-12-2-1-3-13(11(12)6-17)21-9-19-8-14(21)10-4-5-15(18)20-7-10/h1-5,7-9H,(H2,18,20). The third-order valence-corrected chi connectivity index (χ3v) is 3.08. The molecule has 2 N–H and O–H groups in total. The fourth-order valence-corrected chi connectivity index (χ4v) is 2.08. The highest BCUT2D eigenvalue weighted by Gasteiger charge is 2.13. The maximum atomic E-state index is 13.7. The van der Waals surface area contributed by atoms with Gasteiger partial charge < -0.3 is 5.73 Å². The van der Waals surface area contributed by atoms with Crippen LogP contribution >= 0.6 is 0 Å². The van der Waals surface area contributed by atoms with Gasteiger partial charge >= 0.3 is 0 Å². The van der Waals surface area contributed by atoms with Gasteiger partial charge in [-0.1, -0.05) is 6.07 Å². The van der Waals surface area contributed by atoms with Crippen LogP contribution in [-0.4, -0.2) is 14.5 Å². The third kappa shape index (κ3) is 2.21. The molecular formula is C15H10FN5. The average Bonchev–Trinajstić information content (AvgIpc) is 2.97. The van der Waals surface area contributed by atoms with Crippen molar-refractivity contribution in [2.45, 2.75) is 0 Å². The zero-order valence-corrected chi connectivity index (χ0v) is 10.9. The van der Waals surface area contributed by atoms with Crippen molar-refractivity contribution >= 4 is 5.82 Å². The molecule has 3 aromatic rings. The summed E-state index contributed by atoms with van der Waals surface area (Å²) in [5.41, 5.74) is 7.44. The number of imidazole rings is 1. The van der Waals surface area contributed by atoms with Crippen LogP contribution in [0.1, 0.15) is 5.56 Å². The molecule has 0 spiro atoms. The predicted molar refractivity (Wildman–Crippen MR) is 75.9 cm³/mol. The van der Waals surface area contributed by atoms with E-state index in [0.29, 0.717) is 17.2 Å². The lowest BCUT2D eigenvalue weighted by Gasteiger charge is -2.10. The molecule has 2 aromatic heterocycles. The Hall–Kier alpha value is -3.20. The summed E-state index contributed by atoms with van der Waals surface area (Å²) in [6.07, 6.45) is 4.76. The molecule has 0 unspecified atom stereocenters. The molecule has 1 aromatic carbocycles. The van der Waals surface area contributed by atoms with Crippen LogP contribution in [0, 0.1) is 17.1 Å². The molecule has 0 aliphatic rings. The Balaban J connectivity index is 2.19. The Morgan fingerprint density at radius 2 is 2.05 bits per heavy atom. The SMILES string of the molecule is N#Cc1c(F)cccc1-n1cncc1-c1ccc(N)nc1. The number of anilines is 1. The number of halogens is 1. The highest BCUT2D eigenvalue weighted by molar-refractivity contribution is 5.64. The summed E-state index contributed by atoms with van der Waals surface area (Å²) in [5, 5.41) is 9.14. The minimum Gasteiger partial charge on any atom is -0.384 e. The number of nitriles is 1. The van der Waals surface area contributed by atoms with Gasteiger partial charge in [-0.2, -0.15) is 5.26 Å². The zero-order valence-electron chi connectivity index (χ0n) is 10.9. The predicted octanol–water partition coefficient (Wildman–Crippen LogP) is 2.53. The highest BCUT2D eigenvalue weighted by Crippen LogP contribution is 2.25. The summed E-state index contributed by atoms with van der Waals surface area (Å²) in [6, 6.07) is 9.81. The van der Waals surface area contributed by atoms with Gasteiger partial charge in [-0.15, -0.1) is 0 Å². The normalized spacial score (nSPS) is 10.3. The summed E-state index contributed by atoms with van der Waals surface area (Å²) in [5.74, 6) is -0.154. The number of nitrogens with two attached hydrogens (primary N) is 1. The second-order valence-electron chi connectivity index (χ2n) is 4.37. The quantitative estimate of drug-likeness (QED) is 0.781. The number of benzene rings is 1. The molecule has 0 atom stereocenters. The first-order valence-electron chi connectivity index (χ1n) is 6.14. The summed E-state index contributed by atoms with van der Waals surface area (Å²) in [4.78, 5) is 8.10. The average molecular weight is 279 g/mol. The summed E-state index contributed by atoms with van der Waals surface area (Å²) >= 11 is 0. The van der Waals surface area contributed by atoms with E-state index in [4.69, 9.17) is 11.0 Å². The molecule has 0 fully saturated rings. The Kier molecular flexibility index (Phi) is 3.09. The molecule has 2 heterocycles. The van der Waals surface area contributed by atoms with Crippen molar-refractivity contribution < 1.29 is 4.39 Å². The van der Waals surface area contributed by atoms with E-state index in [9.17, 15) is 4.39 Å². The third-order valence-electron chi connectivity index (χ3n) is 3.08. The van der Waals surface area contributed by atoms with Gasteiger partial charge in [0.05, 0.1) is 23.9 Å². The van der Waals surface area contributed by atoms with Crippen LogP contribution in [0.15, 0.2) is 49.1 Å². The molecular weight excluding hydrogens is 269 g/mol. The fraction of sp³-hybridized carbons (Fsp3) is 0. The first kappa shape index (κ1) is 12.8. The number of nitrogens with zero attached hydrogens (tertiary/aromatic N) is 4. The van der Waals surface area contributed by atoms with E-state index >= 15 is 0 Å². The Bertz CT molecular complexity index is 830. The van der Waals surface area contributed by atoms with Gasteiger partial charge in [0.1, 0.15) is 23.3 Å². The smallest absolute Gasteiger partial charge is 0.143 e. The lowest BCUT2D eigenvalue weighted by molar-refractivity contribution is 0.622. The van der Waals surface area contributed by atoms with Crippen LogP contribution in [-0.2, 0) is 0 Å². The first-order valence-corrected chi connectivity index (χ1v) is 6.14. The Morgan fingerprint density at radius 1 is 1.19 bits per heavy atom. The largest absolute Gasteiger partial charge is 0.384 e. The van der Waals surface area contributed by atoms with Crippen LogP contribution in [0.2, 0.25) is 0 Å². The van der Waals surface area contributed by atoms with E-state index in [1.807, 2.05) is 6.07 Å². The topological polar surface area (TPSA) is 80.5 Å². The molecule has 6 heteroatoms. The lowest BCUT2D eigenvalue weighted by Crippen LogP contribution is -2.01. The highest BCUT2D eigenvalue weighted by atomic mass is 19.1. The number of pyridine rings is 1. The molecule has 0 saturated heterocycles. The Morgan fingerprint density at radius 3 is 2.76 bits per heavy atom. The van der Waals surface area contributed by atoms with E-state index in [1.54, 1.807) is 41.2 Å². The molecule has 21 heavy (non-hydrogen) atoms. The van der Waals surface area contributed by atoms with E-state index in [0.717, 1.165) is 5.56 Å². The second kappa shape index (κ2) is 5.06. The molecule has 0 aliphatic heterocycles. The van der Waals surface area contributed by atoms with Gasteiger partial charge in [0.2, 0.25) is 0 Å². The van der Waals surface area contributed by atoms with Crippen molar-refractivity contribution in [2.24, 2.45) is 0 Å². The molecule has 0 saturated carbocycles. The summed E-state index contributed by atoms with van der Waals surface area (Å²) in [7, 11) is 0. The van der Waals surface area contributed by atoms with E-state index in [-0.39, 0.29) is 5.56 Å². The van der Waals surface area contributed by atoms with Crippen molar-refractivity contribution in [3.05, 3.63) is 60.4 Å². The number of nitrogen functional groups attached to an aromatic ring is 1. The molecule has 0 amide bonds. The van der Waals surface area contributed by atoms with Gasteiger partial charge in [-0.3, -0.25) is 4.57 Å². The summed E-state index contributed by atoms with van der Waals surface area (Å²) in [6.45, 7) is 0. The summed E-state index contributed by atoms with van der Waals surface area (Å²) < 4.78 is 15.4. The second-order valence-corrected chi connectivity index (χ2v) is 4.37. The molecule has 3 rings (SSSR count). The number of rotatable bonds is 2. The van der Waals surface area contributed by atoms with Crippen molar-refractivity contribution in [3.8, 4) is 23.0 Å². The maximum Gasteiger partial charge on any atom is 0.143 e. The minimum atomic E-state index is -0.565. The van der Waals surface area contributed by atoms with Crippen LogP contribution in [0.4, 0.5) is 10.2 Å². The first-order chi connectivity index (χ1) is 10.2. The van der Waals surface area contributed by atoms with Gasteiger partial charge in [-0.25, -0.2) is 14.4 Å². The van der Waals surface area contributed by atoms with Gasteiger partial charge in [0.15, 0.2) is 0 Å². The molecule has 102 valence electrons. The lowest BCUT2D eigenvalue weighted by atomic mass is 10.1. The van der Waals surface area contributed by atoms with Crippen LogP contribution in [0.25, 0.3) is 16.9 Å². The van der Waals surface area contributed by atoms with E-state index in [1.165, 1.54) is 12.4 Å². The van der Waals surface area contributed by atoms with Crippen molar-refractivity contribution in [2.75, 3.05) is 5.73 Å². The number of aromatic nitrogens is 3. The maximum absolute atomic E-state index is 13.7. The van der Waals surface area contributed by atoms with E-state index in [2.05, 4.69) is 9.97 Å².